The van der Waals surface area contributed by atoms with Crippen molar-refractivity contribution in [2.45, 2.75) is 13.3 Å². The third-order valence-corrected chi connectivity index (χ3v) is 3.17. The fourth-order valence-electron chi connectivity index (χ4n) is 2.29. The number of nitrogens with zero attached hydrogens (tertiary/aromatic N) is 1. The lowest BCUT2D eigenvalue weighted by Crippen LogP contribution is -2.08. The molecule has 0 amide bonds. The summed E-state index contributed by atoms with van der Waals surface area (Å²) in [7, 11) is 0. The van der Waals surface area contributed by atoms with Crippen LogP contribution < -0.4 is 4.74 Å². The molecule has 1 aromatic carbocycles. The van der Waals surface area contributed by atoms with E-state index in [0.29, 0.717) is 0 Å². The van der Waals surface area contributed by atoms with E-state index < -0.39 is 0 Å². The number of para-hydroxylation sites is 1. The van der Waals surface area contributed by atoms with Gasteiger partial charge < -0.3 is 4.74 Å². The molecule has 1 aliphatic carbocycles. The molecule has 0 saturated heterocycles. The Balaban J connectivity index is 2.18. The Morgan fingerprint density at radius 1 is 1.21 bits per heavy atom. The summed E-state index contributed by atoms with van der Waals surface area (Å²) < 4.78 is 6.01. The lowest BCUT2D eigenvalue weighted by molar-refractivity contribution is 0.407. The number of hydrogen-bond acceptors (Lipinski definition) is 2. The highest BCUT2D eigenvalue weighted by atomic mass is 16.5. The van der Waals surface area contributed by atoms with Crippen LogP contribution >= 0.6 is 0 Å². The maximum Gasteiger partial charge on any atom is 0.134 e. The van der Waals surface area contributed by atoms with Crippen LogP contribution in [-0.4, -0.2) is 6.21 Å². The van der Waals surface area contributed by atoms with Gasteiger partial charge >= 0.3 is 0 Å². The van der Waals surface area contributed by atoms with Crippen molar-refractivity contribution in [3.63, 3.8) is 0 Å². The van der Waals surface area contributed by atoms with Gasteiger partial charge in [-0.1, -0.05) is 42.5 Å². The molecule has 0 radical (unpaired) electrons. The van der Waals surface area contributed by atoms with Gasteiger partial charge in [0.2, 0.25) is 0 Å². The van der Waals surface area contributed by atoms with Crippen LogP contribution in [0.3, 0.4) is 0 Å². The Bertz CT molecular complexity index is 645. The van der Waals surface area contributed by atoms with Crippen molar-refractivity contribution < 1.29 is 4.74 Å². The summed E-state index contributed by atoms with van der Waals surface area (Å²) in [6, 6.07) is 8.09. The van der Waals surface area contributed by atoms with Gasteiger partial charge in [-0.05, 0) is 13.0 Å². The number of allylic oxidation sites excluding steroid dienone is 6. The van der Waals surface area contributed by atoms with Gasteiger partial charge in [-0.25, -0.2) is 0 Å². The van der Waals surface area contributed by atoms with Gasteiger partial charge in [0, 0.05) is 35.5 Å². The molecule has 1 aliphatic heterocycles. The van der Waals surface area contributed by atoms with Crippen LogP contribution in [0.25, 0.3) is 5.57 Å². The van der Waals surface area contributed by atoms with E-state index in [2.05, 4.69) is 23.2 Å². The molecule has 2 aliphatic rings. The van der Waals surface area contributed by atoms with Gasteiger partial charge in [0.1, 0.15) is 11.5 Å². The Morgan fingerprint density at radius 3 is 3.00 bits per heavy atom. The molecule has 0 saturated carbocycles. The Hall–Kier alpha value is -2.35. The van der Waals surface area contributed by atoms with Crippen LogP contribution in [-0.2, 0) is 0 Å². The third kappa shape index (κ3) is 2.17. The molecular weight excluding hydrogens is 234 g/mol. The molecule has 2 heteroatoms. The first kappa shape index (κ1) is 11.7. The first-order chi connectivity index (χ1) is 9.40. The molecule has 2 nitrogen and oxygen atoms in total. The second kappa shape index (κ2) is 5.11. The van der Waals surface area contributed by atoms with Gasteiger partial charge in [0.15, 0.2) is 0 Å². The van der Waals surface area contributed by atoms with Gasteiger partial charge in [0.25, 0.3) is 0 Å². The van der Waals surface area contributed by atoms with Crippen LogP contribution in [0.4, 0.5) is 0 Å². The van der Waals surface area contributed by atoms with E-state index in [1.807, 2.05) is 43.5 Å². The molecule has 0 spiro atoms. The summed E-state index contributed by atoms with van der Waals surface area (Å²) in [6.07, 6.45) is 12.8. The maximum absolute atomic E-state index is 6.01. The maximum atomic E-state index is 6.01. The molecule has 1 aromatic rings. The normalized spacial score (nSPS) is 19.3. The monoisotopic (exact) mass is 249 g/mol. The summed E-state index contributed by atoms with van der Waals surface area (Å²) in [5.74, 6) is 1.89. The van der Waals surface area contributed by atoms with E-state index in [0.717, 1.165) is 34.6 Å². The number of rotatable bonds is 1. The third-order valence-electron chi connectivity index (χ3n) is 3.17. The van der Waals surface area contributed by atoms with Crippen LogP contribution in [0.1, 0.15) is 18.9 Å². The number of ether oxygens (including phenoxy) is 1. The number of fused-ring (bicyclic) bond motifs is 1. The molecule has 0 N–H and O–H groups in total. The van der Waals surface area contributed by atoms with E-state index in [-0.39, 0.29) is 0 Å². The van der Waals surface area contributed by atoms with Crippen molar-refractivity contribution in [2.75, 3.05) is 0 Å². The predicted octanol–water partition coefficient (Wildman–Crippen LogP) is 4.28. The van der Waals surface area contributed by atoms with E-state index in [4.69, 9.17) is 4.74 Å². The zero-order valence-corrected chi connectivity index (χ0v) is 10.8. The summed E-state index contributed by atoms with van der Waals surface area (Å²) in [6.45, 7) is 1.92. The standard InChI is InChI=1S/C17H15NO/c1-2-18-12-15-13-8-4-3-5-10-16(13)19-17-11-7-6-9-14(15)17/h2-9,11-12H,10H2,1H3/b15-12+,18-2+. The minimum absolute atomic E-state index is 0.809. The van der Waals surface area contributed by atoms with E-state index >= 15 is 0 Å². The van der Waals surface area contributed by atoms with Crippen LogP contribution in [0.2, 0.25) is 0 Å². The van der Waals surface area contributed by atoms with Crippen molar-refractivity contribution in [1.29, 1.82) is 0 Å². The van der Waals surface area contributed by atoms with Crippen LogP contribution in [0.15, 0.2) is 71.1 Å². The summed E-state index contributed by atoms with van der Waals surface area (Å²) in [5.41, 5.74) is 3.34. The number of benzene rings is 1. The van der Waals surface area contributed by atoms with Gasteiger partial charge in [-0.15, -0.1) is 0 Å². The zero-order valence-electron chi connectivity index (χ0n) is 10.8. The lowest BCUT2D eigenvalue weighted by atomic mass is 9.94. The Kier molecular flexibility index (Phi) is 3.15. The number of hydrogen-bond donors (Lipinski definition) is 0. The molecule has 0 bridgehead atoms. The quantitative estimate of drug-likeness (QED) is 0.681. The SMILES string of the molecule is C/C=N/C=C1\C2=C(CC=CC=C2)Oc2ccccc21. The van der Waals surface area contributed by atoms with Crippen LogP contribution in [0, 0.1) is 0 Å². The summed E-state index contributed by atoms with van der Waals surface area (Å²) >= 11 is 0. The topological polar surface area (TPSA) is 21.6 Å². The van der Waals surface area contributed by atoms with Crippen molar-refractivity contribution in [1.82, 2.24) is 0 Å². The molecule has 0 fully saturated rings. The highest BCUT2D eigenvalue weighted by molar-refractivity contribution is 5.87. The van der Waals surface area contributed by atoms with Crippen molar-refractivity contribution in [2.24, 2.45) is 4.99 Å². The summed E-state index contributed by atoms with van der Waals surface area (Å²) in [4.78, 5) is 4.28. The highest BCUT2D eigenvalue weighted by Crippen LogP contribution is 2.40. The largest absolute Gasteiger partial charge is 0.460 e. The molecule has 1 heterocycles. The smallest absolute Gasteiger partial charge is 0.134 e. The predicted molar refractivity (Wildman–Crippen MR) is 79.1 cm³/mol. The van der Waals surface area contributed by atoms with E-state index in [1.165, 1.54) is 0 Å². The van der Waals surface area contributed by atoms with Gasteiger partial charge in [-0.2, -0.15) is 0 Å². The molecule has 0 unspecified atom stereocenters. The lowest BCUT2D eigenvalue weighted by Gasteiger charge is -2.23. The van der Waals surface area contributed by atoms with Crippen molar-refractivity contribution in [3.8, 4) is 5.75 Å². The zero-order chi connectivity index (χ0) is 13.1. The first-order valence-corrected chi connectivity index (χ1v) is 6.42. The van der Waals surface area contributed by atoms with E-state index in [1.54, 1.807) is 6.21 Å². The fourth-order valence-corrected chi connectivity index (χ4v) is 2.29. The second-order valence-electron chi connectivity index (χ2n) is 4.38. The van der Waals surface area contributed by atoms with Gasteiger partial charge in [0.05, 0.1) is 0 Å². The molecule has 3 rings (SSSR count). The van der Waals surface area contributed by atoms with Crippen molar-refractivity contribution >= 4 is 11.8 Å². The fraction of sp³-hybridized carbons (Fsp3) is 0.118. The molecule has 0 aromatic heterocycles. The second-order valence-corrected chi connectivity index (χ2v) is 4.38. The van der Waals surface area contributed by atoms with Crippen LogP contribution in [0.5, 0.6) is 5.75 Å². The first-order valence-electron chi connectivity index (χ1n) is 6.42. The van der Waals surface area contributed by atoms with Gasteiger partial charge in [-0.3, -0.25) is 4.99 Å². The average molecular weight is 249 g/mol. The summed E-state index contributed by atoms with van der Waals surface area (Å²) in [5, 5.41) is 0. The van der Waals surface area contributed by atoms with Crippen molar-refractivity contribution in [3.05, 3.63) is 71.7 Å². The Labute approximate surface area is 113 Å². The average Bonchev–Trinajstić information content (AvgIpc) is 2.68. The molecule has 19 heavy (non-hydrogen) atoms. The minimum Gasteiger partial charge on any atom is -0.460 e. The molecular formula is C17H15NO. The highest BCUT2D eigenvalue weighted by Gasteiger charge is 2.22. The molecule has 94 valence electrons. The minimum atomic E-state index is 0.809. The number of aliphatic imine (C=N–C) groups is 1. The Morgan fingerprint density at radius 2 is 2.11 bits per heavy atom. The van der Waals surface area contributed by atoms with E-state index in [9.17, 15) is 0 Å². The molecule has 0 atom stereocenters.